The molecule has 0 spiro atoms. The minimum Gasteiger partial charge on any atom is -0.379 e. The molecule has 134 valence electrons. The maximum atomic E-state index is 12.0. The molecule has 0 aromatic heterocycles. The summed E-state index contributed by atoms with van der Waals surface area (Å²) in [6.07, 6.45) is 1.00. The van der Waals surface area contributed by atoms with Crippen molar-refractivity contribution in [2.45, 2.75) is 52.8 Å². The van der Waals surface area contributed by atoms with Crippen molar-refractivity contribution in [3.8, 4) is 0 Å². The fourth-order valence-electron chi connectivity index (χ4n) is 1.96. The Morgan fingerprint density at radius 3 is 2.29 bits per heavy atom. The second-order valence-electron chi connectivity index (χ2n) is 6.21. The Labute approximate surface area is 144 Å². The molecule has 0 aliphatic rings. The van der Waals surface area contributed by atoms with Gasteiger partial charge in [-0.25, -0.2) is 4.79 Å². The van der Waals surface area contributed by atoms with E-state index in [0.717, 1.165) is 12.0 Å². The van der Waals surface area contributed by atoms with Gasteiger partial charge in [0.1, 0.15) is 0 Å². The molecule has 24 heavy (non-hydrogen) atoms. The first-order valence-electron chi connectivity index (χ1n) is 8.41. The molecule has 0 unspecified atom stereocenters. The highest BCUT2D eigenvalue weighted by atomic mass is 16.5. The molecule has 0 saturated heterocycles. The molecule has 6 nitrogen and oxygen atoms in total. The number of benzene rings is 1. The van der Waals surface area contributed by atoms with Crippen LogP contribution >= 0.6 is 0 Å². The molecule has 3 N–H and O–H groups in total. The van der Waals surface area contributed by atoms with E-state index in [4.69, 9.17) is 4.74 Å². The summed E-state index contributed by atoms with van der Waals surface area (Å²) in [6.45, 7) is 9.44. The molecule has 0 heterocycles. The van der Waals surface area contributed by atoms with E-state index in [0.29, 0.717) is 25.3 Å². The van der Waals surface area contributed by atoms with Crippen molar-refractivity contribution in [3.05, 3.63) is 35.4 Å². The second kappa shape index (κ2) is 10.6. The largest absolute Gasteiger partial charge is 0.379 e. The van der Waals surface area contributed by atoms with Crippen molar-refractivity contribution in [2.24, 2.45) is 0 Å². The molecule has 1 aromatic rings. The molecular formula is C18H29N3O3. The quantitative estimate of drug-likeness (QED) is 0.607. The van der Waals surface area contributed by atoms with Crippen LogP contribution in [0.4, 0.5) is 4.79 Å². The SMILES string of the molecule is CC(C)NC(=O)NCc1ccc(C(=O)NCCCOC(C)C)cc1. The predicted octanol–water partition coefficient (Wildman–Crippen LogP) is 2.44. The van der Waals surface area contributed by atoms with Crippen molar-refractivity contribution < 1.29 is 14.3 Å². The minimum atomic E-state index is -0.199. The zero-order valence-electron chi connectivity index (χ0n) is 15.0. The summed E-state index contributed by atoms with van der Waals surface area (Å²) < 4.78 is 5.42. The van der Waals surface area contributed by atoms with E-state index < -0.39 is 0 Å². The molecule has 3 amide bonds. The summed E-state index contributed by atoms with van der Waals surface area (Å²) >= 11 is 0. The highest BCUT2D eigenvalue weighted by Gasteiger charge is 2.06. The lowest BCUT2D eigenvalue weighted by Gasteiger charge is -2.11. The molecule has 0 saturated carbocycles. The van der Waals surface area contributed by atoms with Gasteiger partial charge in [0.2, 0.25) is 0 Å². The van der Waals surface area contributed by atoms with Gasteiger partial charge in [0.15, 0.2) is 0 Å². The fraction of sp³-hybridized carbons (Fsp3) is 0.556. The second-order valence-corrected chi connectivity index (χ2v) is 6.21. The van der Waals surface area contributed by atoms with E-state index in [9.17, 15) is 9.59 Å². The standard InChI is InChI=1S/C18H29N3O3/c1-13(2)21-18(23)20-12-15-6-8-16(9-7-15)17(22)19-10-5-11-24-14(3)4/h6-9,13-14H,5,10-12H2,1-4H3,(H,19,22)(H2,20,21,23). The van der Waals surface area contributed by atoms with Crippen LogP contribution in [-0.2, 0) is 11.3 Å². The topological polar surface area (TPSA) is 79.5 Å². The third kappa shape index (κ3) is 8.53. The normalized spacial score (nSPS) is 10.8. The van der Waals surface area contributed by atoms with Gasteiger partial charge >= 0.3 is 6.03 Å². The summed E-state index contributed by atoms with van der Waals surface area (Å²) in [4.78, 5) is 23.5. The summed E-state index contributed by atoms with van der Waals surface area (Å²) in [7, 11) is 0. The van der Waals surface area contributed by atoms with Crippen molar-refractivity contribution in [2.75, 3.05) is 13.2 Å². The van der Waals surface area contributed by atoms with Gasteiger partial charge in [0.25, 0.3) is 5.91 Å². The van der Waals surface area contributed by atoms with Gasteiger partial charge in [-0.2, -0.15) is 0 Å². The van der Waals surface area contributed by atoms with Gasteiger partial charge in [-0.1, -0.05) is 12.1 Å². The summed E-state index contributed by atoms with van der Waals surface area (Å²) in [5.74, 6) is -0.100. The Bertz CT molecular complexity index is 513. The zero-order valence-corrected chi connectivity index (χ0v) is 15.0. The van der Waals surface area contributed by atoms with E-state index in [1.807, 2.05) is 39.8 Å². The van der Waals surface area contributed by atoms with Gasteiger partial charge in [0, 0.05) is 31.3 Å². The highest BCUT2D eigenvalue weighted by molar-refractivity contribution is 5.94. The molecule has 0 atom stereocenters. The Morgan fingerprint density at radius 2 is 1.71 bits per heavy atom. The van der Waals surface area contributed by atoms with Crippen LogP contribution in [0.3, 0.4) is 0 Å². The van der Waals surface area contributed by atoms with Crippen molar-refractivity contribution in [3.63, 3.8) is 0 Å². The highest BCUT2D eigenvalue weighted by Crippen LogP contribution is 2.04. The van der Waals surface area contributed by atoms with E-state index >= 15 is 0 Å². The zero-order chi connectivity index (χ0) is 17.9. The maximum absolute atomic E-state index is 12.0. The third-order valence-corrected chi connectivity index (χ3v) is 3.15. The van der Waals surface area contributed by atoms with Gasteiger partial charge in [-0.05, 0) is 51.8 Å². The lowest BCUT2D eigenvalue weighted by Crippen LogP contribution is -2.39. The number of nitrogens with one attached hydrogen (secondary N) is 3. The van der Waals surface area contributed by atoms with Crippen LogP contribution in [0.25, 0.3) is 0 Å². The van der Waals surface area contributed by atoms with E-state index in [-0.39, 0.29) is 24.1 Å². The molecule has 6 heteroatoms. The molecule has 0 aliphatic heterocycles. The Hall–Kier alpha value is -2.08. The van der Waals surface area contributed by atoms with Crippen LogP contribution in [0.2, 0.25) is 0 Å². The Kier molecular flexibility index (Phi) is 8.86. The lowest BCUT2D eigenvalue weighted by atomic mass is 10.1. The first kappa shape index (κ1) is 20.0. The number of rotatable bonds is 9. The van der Waals surface area contributed by atoms with Gasteiger partial charge in [-0.3, -0.25) is 4.79 Å². The summed E-state index contributed by atoms with van der Waals surface area (Å²) in [5, 5.41) is 8.40. The average Bonchev–Trinajstić information content (AvgIpc) is 2.52. The average molecular weight is 335 g/mol. The molecule has 0 aliphatic carbocycles. The Balaban J connectivity index is 2.32. The minimum absolute atomic E-state index is 0.0991. The van der Waals surface area contributed by atoms with E-state index in [1.165, 1.54) is 0 Å². The van der Waals surface area contributed by atoms with Crippen LogP contribution in [0.5, 0.6) is 0 Å². The van der Waals surface area contributed by atoms with Gasteiger partial charge in [-0.15, -0.1) is 0 Å². The number of urea groups is 1. The van der Waals surface area contributed by atoms with E-state index in [2.05, 4.69) is 16.0 Å². The van der Waals surface area contributed by atoms with E-state index in [1.54, 1.807) is 12.1 Å². The number of hydrogen-bond acceptors (Lipinski definition) is 3. The first-order valence-corrected chi connectivity index (χ1v) is 8.41. The first-order chi connectivity index (χ1) is 11.4. The number of carbonyl (C=O) groups is 2. The third-order valence-electron chi connectivity index (χ3n) is 3.15. The van der Waals surface area contributed by atoms with Gasteiger partial charge < -0.3 is 20.7 Å². The maximum Gasteiger partial charge on any atom is 0.315 e. The summed E-state index contributed by atoms with van der Waals surface area (Å²) in [6, 6.07) is 7.10. The number of ether oxygens (including phenoxy) is 1. The van der Waals surface area contributed by atoms with Crippen molar-refractivity contribution in [1.82, 2.24) is 16.0 Å². The van der Waals surface area contributed by atoms with Crippen LogP contribution in [0, 0.1) is 0 Å². The number of carbonyl (C=O) groups excluding carboxylic acids is 2. The molecular weight excluding hydrogens is 306 g/mol. The fourth-order valence-corrected chi connectivity index (χ4v) is 1.96. The predicted molar refractivity (Wildman–Crippen MR) is 95.0 cm³/mol. The van der Waals surface area contributed by atoms with Gasteiger partial charge in [0.05, 0.1) is 6.10 Å². The van der Waals surface area contributed by atoms with Crippen LogP contribution in [0.1, 0.15) is 50.0 Å². The van der Waals surface area contributed by atoms with Crippen molar-refractivity contribution in [1.29, 1.82) is 0 Å². The lowest BCUT2D eigenvalue weighted by molar-refractivity contribution is 0.0757. The number of hydrogen-bond donors (Lipinski definition) is 3. The number of amides is 3. The molecule has 1 aromatic carbocycles. The smallest absolute Gasteiger partial charge is 0.315 e. The van der Waals surface area contributed by atoms with Crippen LogP contribution in [-0.4, -0.2) is 37.2 Å². The monoisotopic (exact) mass is 335 g/mol. The molecule has 0 radical (unpaired) electrons. The molecule has 1 rings (SSSR count). The molecule has 0 bridgehead atoms. The van der Waals surface area contributed by atoms with Crippen LogP contribution < -0.4 is 16.0 Å². The van der Waals surface area contributed by atoms with Crippen LogP contribution in [0.15, 0.2) is 24.3 Å². The van der Waals surface area contributed by atoms with Crippen molar-refractivity contribution >= 4 is 11.9 Å². The Morgan fingerprint density at radius 1 is 1.04 bits per heavy atom. The molecule has 0 fully saturated rings. The summed E-state index contributed by atoms with van der Waals surface area (Å²) in [5.41, 5.74) is 1.55.